The molecule has 1 saturated heterocycles. The number of carboxylic acid groups (broad SMARTS) is 1. The summed E-state index contributed by atoms with van der Waals surface area (Å²) < 4.78 is 5.36. The average Bonchev–Trinajstić information content (AvgIpc) is 2.66. The van der Waals surface area contributed by atoms with Gasteiger partial charge in [0.2, 0.25) is 5.91 Å². The van der Waals surface area contributed by atoms with Crippen molar-refractivity contribution in [2.75, 3.05) is 19.7 Å². The van der Waals surface area contributed by atoms with Gasteiger partial charge in [0.25, 0.3) is 5.91 Å². The number of ether oxygens (including phenoxy) is 1. The predicted molar refractivity (Wildman–Crippen MR) is 102 cm³/mol. The van der Waals surface area contributed by atoms with Crippen LogP contribution in [0.2, 0.25) is 0 Å². The minimum atomic E-state index is -1.80. The van der Waals surface area contributed by atoms with Gasteiger partial charge in [-0.2, -0.15) is 0 Å². The number of rotatable bonds is 7. The van der Waals surface area contributed by atoms with Crippen LogP contribution in [0.15, 0.2) is 24.3 Å². The summed E-state index contributed by atoms with van der Waals surface area (Å²) in [6.07, 6.45) is -0.0720. The van der Waals surface area contributed by atoms with Gasteiger partial charge in [0, 0.05) is 31.5 Å². The number of carboxylic acids is 1. The summed E-state index contributed by atoms with van der Waals surface area (Å²) in [4.78, 5) is 38.1. The van der Waals surface area contributed by atoms with Crippen LogP contribution in [0, 0.1) is 5.92 Å². The highest BCUT2D eigenvalue weighted by atomic mass is 16.5. The highest BCUT2D eigenvalue weighted by molar-refractivity contribution is 5.97. The first kappa shape index (κ1) is 21.7. The molecule has 1 aromatic rings. The van der Waals surface area contributed by atoms with E-state index in [1.807, 2.05) is 20.8 Å². The Morgan fingerprint density at radius 2 is 1.75 bits per heavy atom. The van der Waals surface area contributed by atoms with Crippen molar-refractivity contribution in [3.8, 4) is 5.75 Å². The molecule has 2 rings (SSSR count). The van der Waals surface area contributed by atoms with Crippen LogP contribution >= 0.6 is 0 Å². The number of carbonyl (C=O) groups excluding carboxylic acids is 2. The van der Waals surface area contributed by atoms with E-state index in [1.165, 1.54) is 4.90 Å². The Hall–Kier alpha value is -2.61. The molecule has 0 saturated carbocycles. The molecule has 28 heavy (non-hydrogen) atoms. The number of likely N-dealkylation sites (tertiary alicyclic amines) is 1. The maximum Gasteiger partial charge on any atom is 0.335 e. The molecule has 1 unspecified atom stereocenters. The SMILES string of the molecule is CCOc1ccc(C(=O)NC(C(=O)N2CCC(O)(C(=O)O)CC2)C(C)C)cc1. The van der Waals surface area contributed by atoms with Crippen LogP contribution in [-0.4, -0.2) is 64.2 Å². The van der Waals surface area contributed by atoms with Crippen LogP contribution in [0.4, 0.5) is 0 Å². The number of aliphatic hydroxyl groups is 1. The number of amides is 2. The smallest absolute Gasteiger partial charge is 0.335 e. The Morgan fingerprint density at radius 3 is 2.21 bits per heavy atom. The zero-order chi connectivity index (χ0) is 20.9. The van der Waals surface area contributed by atoms with E-state index in [0.717, 1.165) is 0 Å². The fraction of sp³-hybridized carbons (Fsp3) is 0.550. The van der Waals surface area contributed by atoms with Crippen LogP contribution in [0.1, 0.15) is 44.0 Å². The van der Waals surface area contributed by atoms with Gasteiger partial charge in [-0.15, -0.1) is 0 Å². The number of nitrogens with zero attached hydrogens (tertiary/aromatic N) is 1. The number of nitrogens with one attached hydrogen (secondary N) is 1. The van der Waals surface area contributed by atoms with E-state index in [9.17, 15) is 19.5 Å². The quantitative estimate of drug-likeness (QED) is 0.644. The van der Waals surface area contributed by atoms with Crippen molar-refractivity contribution in [3.63, 3.8) is 0 Å². The highest BCUT2D eigenvalue weighted by Gasteiger charge is 2.41. The van der Waals surface area contributed by atoms with Gasteiger partial charge in [0.1, 0.15) is 11.8 Å². The molecule has 0 aliphatic carbocycles. The molecule has 2 amide bonds. The van der Waals surface area contributed by atoms with Gasteiger partial charge in [-0.3, -0.25) is 9.59 Å². The van der Waals surface area contributed by atoms with E-state index in [0.29, 0.717) is 17.9 Å². The molecule has 3 N–H and O–H groups in total. The van der Waals surface area contributed by atoms with Crippen molar-refractivity contribution in [1.82, 2.24) is 10.2 Å². The first-order valence-corrected chi connectivity index (χ1v) is 9.46. The molecule has 1 fully saturated rings. The van der Waals surface area contributed by atoms with Crippen LogP contribution < -0.4 is 10.1 Å². The first-order valence-electron chi connectivity index (χ1n) is 9.46. The van der Waals surface area contributed by atoms with Gasteiger partial charge >= 0.3 is 5.97 Å². The van der Waals surface area contributed by atoms with E-state index in [2.05, 4.69) is 5.32 Å². The molecule has 1 aliphatic rings. The second kappa shape index (κ2) is 9.05. The fourth-order valence-electron chi connectivity index (χ4n) is 3.11. The Kier molecular flexibility index (Phi) is 7.01. The summed E-state index contributed by atoms with van der Waals surface area (Å²) in [5.41, 5.74) is -1.38. The summed E-state index contributed by atoms with van der Waals surface area (Å²) in [6.45, 7) is 6.32. The summed E-state index contributed by atoms with van der Waals surface area (Å²) >= 11 is 0. The Morgan fingerprint density at radius 1 is 1.18 bits per heavy atom. The standard InChI is InChI=1S/C20H28N2O6/c1-4-28-15-7-5-14(6-8-15)17(23)21-16(13(2)3)18(24)22-11-9-20(27,10-12-22)19(25)26/h5-8,13,16,27H,4,9-12H2,1-3H3,(H,21,23)(H,25,26). The summed E-state index contributed by atoms with van der Waals surface area (Å²) in [5, 5.41) is 21.9. The van der Waals surface area contributed by atoms with E-state index in [-0.39, 0.29) is 43.7 Å². The van der Waals surface area contributed by atoms with Crippen molar-refractivity contribution in [2.45, 2.75) is 45.3 Å². The zero-order valence-corrected chi connectivity index (χ0v) is 16.5. The molecule has 1 heterocycles. The van der Waals surface area contributed by atoms with E-state index in [4.69, 9.17) is 9.84 Å². The third-order valence-corrected chi connectivity index (χ3v) is 4.95. The van der Waals surface area contributed by atoms with Crippen molar-refractivity contribution < 1.29 is 29.3 Å². The Bertz CT molecular complexity index is 708. The lowest BCUT2D eigenvalue weighted by Gasteiger charge is -2.37. The molecule has 8 heteroatoms. The summed E-state index contributed by atoms with van der Waals surface area (Å²) in [5.74, 6) is -1.41. The third-order valence-electron chi connectivity index (χ3n) is 4.95. The highest BCUT2D eigenvalue weighted by Crippen LogP contribution is 2.23. The molecule has 1 aromatic carbocycles. The maximum atomic E-state index is 12.9. The molecule has 0 aromatic heterocycles. The van der Waals surface area contributed by atoms with Gasteiger partial charge < -0.3 is 25.2 Å². The number of piperidine rings is 1. The minimum absolute atomic E-state index is 0.0360. The molecule has 0 radical (unpaired) electrons. The third kappa shape index (κ3) is 5.01. The normalized spacial score (nSPS) is 17.1. The summed E-state index contributed by atoms with van der Waals surface area (Å²) in [6, 6.07) is 5.92. The van der Waals surface area contributed by atoms with E-state index >= 15 is 0 Å². The number of carbonyl (C=O) groups is 3. The van der Waals surface area contributed by atoms with Gasteiger partial charge in [0.05, 0.1) is 6.61 Å². The molecular formula is C20H28N2O6. The lowest BCUT2D eigenvalue weighted by Crippen LogP contribution is -2.56. The number of hydrogen-bond acceptors (Lipinski definition) is 5. The molecule has 1 atom stereocenters. The minimum Gasteiger partial charge on any atom is -0.494 e. The summed E-state index contributed by atoms with van der Waals surface area (Å²) in [7, 11) is 0. The second-order valence-electron chi connectivity index (χ2n) is 7.31. The zero-order valence-electron chi connectivity index (χ0n) is 16.5. The van der Waals surface area contributed by atoms with Crippen LogP contribution in [0.25, 0.3) is 0 Å². The van der Waals surface area contributed by atoms with Crippen LogP contribution in [0.3, 0.4) is 0 Å². The van der Waals surface area contributed by atoms with Crippen LogP contribution in [0.5, 0.6) is 5.75 Å². The molecular weight excluding hydrogens is 364 g/mol. The number of benzene rings is 1. The van der Waals surface area contributed by atoms with Crippen molar-refractivity contribution >= 4 is 17.8 Å². The second-order valence-corrected chi connectivity index (χ2v) is 7.31. The van der Waals surface area contributed by atoms with Crippen molar-refractivity contribution in [3.05, 3.63) is 29.8 Å². The Labute approximate surface area is 164 Å². The first-order chi connectivity index (χ1) is 13.2. The number of hydrogen-bond donors (Lipinski definition) is 3. The van der Waals surface area contributed by atoms with Crippen molar-refractivity contribution in [2.24, 2.45) is 5.92 Å². The predicted octanol–water partition coefficient (Wildman–Crippen LogP) is 1.28. The van der Waals surface area contributed by atoms with Gasteiger partial charge in [-0.05, 0) is 37.1 Å². The van der Waals surface area contributed by atoms with Gasteiger partial charge in [0.15, 0.2) is 5.60 Å². The monoisotopic (exact) mass is 392 g/mol. The average molecular weight is 392 g/mol. The largest absolute Gasteiger partial charge is 0.494 e. The molecule has 154 valence electrons. The topological polar surface area (TPSA) is 116 Å². The number of aliphatic carboxylic acids is 1. The molecule has 0 bridgehead atoms. The lowest BCUT2D eigenvalue weighted by molar-refractivity contribution is -0.165. The van der Waals surface area contributed by atoms with Crippen molar-refractivity contribution in [1.29, 1.82) is 0 Å². The lowest BCUT2D eigenvalue weighted by atomic mass is 9.90. The fourth-order valence-corrected chi connectivity index (χ4v) is 3.11. The molecule has 8 nitrogen and oxygen atoms in total. The van der Waals surface area contributed by atoms with E-state index in [1.54, 1.807) is 24.3 Å². The van der Waals surface area contributed by atoms with Gasteiger partial charge in [-0.1, -0.05) is 13.8 Å². The Balaban J connectivity index is 2.03. The molecule has 0 spiro atoms. The van der Waals surface area contributed by atoms with Crippen LogP contribution in [-0.2, 0) is 9.59 Å². The van der Waals surface area contributed by atoms with Gasteiger partial charge in [-0.25, -0.2) is 4.79 Å². The maximum absolute atomic E-state index is 12.9. The molecule has 1 aliphatic heterocycles. The van der Waals surface area contributed by atoms with E-state index < -0.39 is 17.6 Å².